The van der Waals surface area contributed by atoms with E-state index in [4.69, 9.17) is 9.47 Å². The molecule has 1 amide bonds. The second-order valence-corrected chi connectivity index (χ2v) is 14.6. The van der Waals surface area contributed by atoms with Crippen LogP contribution in [0.4, 0.5) is 13.2 Å². The number of nitrogens with zero attached hydrogens (tertiary/aromatic N) is 3. The molecule has 5 heterocycles. The average molecular weight is 665 g/mol. The first-order chi connectivity index (χ1) is 21.8. The summed E-state index contributed by atoms with van der Waals surface area (Å²) in [6.45, 7) is 5.20. The van der Waals surface area contributed by atoms with E-state index in [0.29, 0.717) is 26.1 Å². The van der Waals surface area contributed by atoms with Crippen LogP contribution in [0.25, 0.3) is 0 Å². The number of likely N-dealkylation sites (N-methyl/N-ethyl adjacent to an activating group) is 1. The van der Waals surface area contributed by atoms with Gasteiger partial charge in [-0.2, -0.15) is 13.2 Å². The summed E-state index contributed by atoms with van der Waals surface area (Å²) in [6.07, 6.45) is -0.665. The molecule has 5 aliphatic heterocycles. The molecule has 0 aromatic heterocycles. The Labute approximate surface area is 269 Å². The molecule has 0 saturated carbocycles. The highest BCUT2D eigenvalue weighted by Crippen LogP contribution is 2.36. The first kappa shape index (κ1) is 34.3. The summed E-state index contributed by atoms with van der Waals surface area (Å²) in [4.78, 5) is 19.9. The largest absolute Gasteiger partial charge is 0.494 e. The number of carbonyl (C=O) groups excluding carboxylic acids is 1. The Kier molecular flexibility index (Phi) is 10.8. The van der Waals surface area contributed by atoms with Gasteiger partial charge in [-0.25, -0.2) is 12.7 Å². The number of rotatable bonds is 0. The summed E-state index contributed by atoms with van der Waals surface area (Å²) in [5, 5.41) is 2.67. The number of sulfonamides is 1. The van der Waals surface area contributed by atoms with Crippen LogP contribution >= 0.6 is 0 Å². The maximum atomic E-state index is 13.8. The Bertz CT molecular complexity index is 1540. The van der Waals surface area contributed by atoms with Crippen molar-refractivity contribution in [2.75, 3.05) is 52.3 Å². The quantitative estimate of drug-likeness (QED) is 0.439. The summed E-state index contributed by atoms with van der Waals surface area (Å²) in [6, 6.07) is 9.51. The van der Waals surface area contributed by atoms with Crippen LogP contribution in [0.15, 0.2) is 41.4 Å². The van der Waals surface area contributed by atoms with E-state index in [9.17, 15) is 26.4 Å². The molecule has 0 aliphatic carbocycles. The number of nitrogens with one attached hydrogen (secondary N) is 1. The third-order valence-electron chi connectivity index (χ3n) is 8.99. The molecule has 1 spiro atoms. The third-order valence-corrected chi connectivity index (χ3v) is 10.9. The SMILES string of the molecule is Cc1cc2ccc1CCS(=O)(=O)N1CCC3(CC1)N=C(NC3=O)c1cc(cc(C(F)(F)F)c1)OCCCCCCOCCN(C)C2. The Morgan fingerprint density at radius 3 is 2.41 bits per heavy atom. The van der Waals surface area contributed by atoms with Crippen molar-refractivity contribution < 1.29 is 35.9 Å². The maximum absolute atomic E-state index is 13.8. The third kappa shape index (κ3) is 8.47. The zero-order valence-corrected chi connectivity index (χ0v) is 27.3. The van der Waals surface area contributed by atoms with Crippen molar-refractivity contribution in [1.29, 1.82) is 0 Å². The molecule has 1 fully saturated rings. The number of piperidine rings is 1. The van der Waals surface area contributed by atoms with Gasteiger partial charge in [-0.15, -0.1) is 0 Å². The molecule has 0 radical (unpaired) electrons. The Balaban J connectivity index is 1.35. The predicted octanol–water partition coefficient (Wildman–Crippen LogP) is 4.70. The number of hydrogen-bond donors (Lipinski definition) is 1. The lowest BCUT2D eigenvalue weighted by molar-refractivity contribution is -0.137. The van der Waals surface area contributed by atoms with Gasteiger partial charge in [0.25, 0.3) is 5.91 Å². The number of fused-ring (bicyclic) bond motifs is 2. The van der Waals surface area contributed by atoms with Crippen molar-refractivity contribution in [3.8, 4) is 5.75 Å². The number of aryl methyl sites for hydroxylation is 2. The van der Waals surface area contributed by atoms with Crippen LogP contribution in [-0.2, 0) is 38.7 Å². The first-order valence-corrected chi connectivity index (χ1v) is 17.5. The normalized spacial score (nSPS) is 25.6. The van der Waals surface area contributed by atoms with E-state index in [0.717, 1.165) is 61.2 Å². The second kappa shape index (κ2) is 14.4. The number of ether oxygens (including phenoxy) is 2. The van der Waals surface area contributed by atoms with Crippen molar-refractivity contribution in [2.24, 2.45) is 4.99 Å². The van der Waals surface area contributed by atoms with Crippen molar-refractivity contribution in [3.63, 3.8) is 0 Å². The number of amides is 1. The van der Waals surface area contributed by atoms with Crippen molar-refractivity contribution in [2.45, 2.75) is 70.1 Å². The van der Waals surface area contributed by atoms with Gasteiger partial charge < -0.3 is 14.8 Å². The lowest BCUT2D eigenvalue weighted by atomic mass is 9.89. The molecule has 0 unspecified atom stereocenters. The first-order valence-electron chi connectivity index (χ1n) is 15.9. The van der Waals surface area contributed by atoms with Gasteiger partial charge in [-0.05, 0) is 87.4 Å². The number of aliphatic imine (C=N–C) groups is 1. The number of halogens is 3. The molecule has 2 aromatic rings. The van der Waals surface area contributed by atoms with Crippen LogP contribution in [0.2, 0.25) is 0 Å². The molecule has 7 bridgehead atoms. The molecule has 1 N–H and O–H groups in total. The van der Waals surface area contributed by atoms with Crippen molar-refractivity contribution >= 4 is 21.8 Å². The minimum absolute atomic E-state index is 0.0375. The Morgan fingerprint density at radius 2 is 1.70 bits per heavy atom. The zero-order valence-electron chi connectivity index (χ0n) is 26.5. The molecule has 2 aromatic carbocycles. The fourth-order valence-corrected chi connectivity index (χ4v) is 7.65. The van der Waals surface area contributed by atoms with Crippen LogP contribution in [0.5, 0.6) is 5.75 Å². The highest BCUT2D eigenvalue weighted by atomic mass is 32.2. The van der Waals surface area contributed by atoms with Gasteiger partial charge in [0.1, 0.15) is 17.1 Å². The van der Waals surface area contributed by atoms with E-state index in [1.807, 2.05) is 26.1 Å². The summed E-state index contributed by atoms with van der Waals surface area (Å²) < 4.78 is 81.0. The van der Waals surface area contributed by atoms with Gasteiger partial charge in [-0.3, -0.25) is 14.7 Å². The molecule has 0 atom stereocenters. The highest BCUT2D eigenvalue weighted by Gasteiger charge is 2.47. The van der Waals surface area contributed by atoms with Crippen molar-refractivity contribution in [3.05, 3.63) is 64.2 Å². The minimum atomic E-state index is -4.62. The minimum Gasteiger partial charge on any atom is -0.494 e. The van der Waals surface area contributed by atoms with Crippen LogP contribution in [0.1, 0.15) is 66.3 Å². The van der Waals surface area contributed by atoms with Gasteiger partial charge >= 0.3 is 6.18 Å². The number of hydrogen-bond acceptors (Lipinski definition) is 7. The van der Waals surface area contributed by atoms with Crippen LogP contribution < -0.4 is 10.1 Å². The fourth-order valence-electron chi connectivity index (χ4n) is 6.18. The molecule has 1 saturated heterocycles. The van der Waals surface area contributed by atoms with Gasteiger partial charge in [0.2, 0.25) is 10.0 Å². The maximum Gasteiger partial charge on any atom is 0.416 e. The summed E-state index contributed by atoms with van der Waals surface area (Å²) in [7, 11) is -1.58. The molecule has 9 nitrogen and oxygen atoms in total. The van der Waals surface area contributed by atoms with Crippen LogP contribution in [0, 0.1) is 6.92 Å². The van der Waals surface area contributed by atoms with Crippen LogP contribution in [0.3, 0.4) is 0 Å². The van der Waals surface area contributed by atoms with E-state index in [1.165, 1.54) is 10.4 Å². The summed E-state index contributed by atoms with van der Waals surface area (Å²) >= 11 is 0. The molecular weight excluding hydrogens is 621 g/mol. The smallest absolute Gasteiger partial charge is 0.416 e. The van der Waals surface area contributed by atoms with E-state index in [1.54, 1.807) is 0 Å². The van der Waals surface area contributed by atoms with Crippen LogP contribution in [-0.4, -0.2) is 87.2 Å². The van der Waals surface area contributed by atoms with E-state index >= 15 is 0 Å². The molecule has 252 valence electrons. The summed E-state index contributed by atoms with van der Waals surface area (Å²) in [5.74, 6) is -0.413. The predicted molar refractivity (Wildman–Crippen MR) is 169 cm³/mol. The zero-order chi connectivity index (χ0) is 33.0. The number of amidine groups is 1. The van der Waals surface area contributed by atoms with E-state index in [-0.39, 0.29) is 55.4 Å². The van der Waals surface area contributed by atoms with Crippen molar-refractivity contribution in [1.82, 2.24) is 14.5 Å². The van der Waals surface area contributed by atoms with Gasteiger partial charge in [0.15, 0.2) is 0 Å². The Hall–Kier alpha value is -3.00. The monoisotopic (exact) mass is 664 g/mol. The molecule has 13 heteroatoms. The van der Waals surface area contributed by atoms with Gasteiger partial charge in [-0.1, -0.05) is 24.6 Å². The lowest BCUT2D eigenvalue weighted by Gasteiger charge is -2.34. The number of benzene rings is 2. The van der Waals surface area contributed by atoms with E-state index in [2.05, 4.69) is 21.3 Å². The fraction of sp³-hybridized carbons (Fsp3) is 0.576. The van der Waals surface area contributed by atoms with Gasteiger partial charge in [0.05, 0.1) is 24.5 Å². The molecular formula is C33H43F3N4O5S. The van der Waals surface area contributed by atoms with E-state index < -0.39 is 33.2 Å². The second-order valence-electron chi connectivity index (χ2n) is 12.5. The molecule has 7 rings (SSSR count). The topological polar surface area (TPSA) is 101 Å². The average Bonchev–Trinajstić information content (AvgIpc) is 3.31. The van der Waals surface area contributed by atoms with Gasteiger partial charge in [0, 0.05) is 38.3 Å². The number of alkyl halides is 3. The number of carbonyl (C=O) groups is 1. The molecule has 46 heavy (non-hydrogen) atoms. The molecule has 5 aliphatic rings. The lowest BCUT2D eigenvalue weighted by Crippen LogP contribution is -2.50. The highest BCUT2D eigenvalue weighted by molar-refractivity contribution is 7.89. The summed E-state index contributed by atoms with van der Waals surface area (Å²) in [5.41, 5.74) is 1.12. The Morgan fingerprint density at radius 1 is 0.957 bits per heavy atom. The standard InChI is InChI=1S/C33H43F3N4O5S/c1-24-19-25-7-8-26(24)9-18-46(42,43)40-12-10-32(11-13-40)31(41)37-30(38-32)27-20-28(33(34,35)36)22-29(21-27)45-16-6-4-3-5-15-44-17-14-39(2)23-25/h7-8,19-22H,3-6,9-18,23H2,1-2H3,(H,37,38,41).